The van der Waals surface area contributed by atoms with Gasteiger partial charge in [-0.05, 0) is 50.1 Å². The van der Waals surface area contributed by atoms with Gasteiger partial charge in [-0.3, -0.25) is 14.4 Å². The van der Waals surface area contributed by atoms with Gasteiger partial charge in [0.05, 0.1) is 24.6 Å². The number of benzene rings is 1. The van der Waals surface area contributed by atoms with Gasteiger partial charge in [-0.15, -0.1) is 0 Å². The molecule has 2 aromatic heterocycles. The highest BCUT2D eigenvalue weighted by molar-refractivity contribution is 5.97. The summed E-state index contributed by atoms with van der Waals surface area (Å²) in [6, 6.07) is 4.99. The first-order chi connectivity index (χ1) is 19.1. The first-order valence-corrected chi connectivity index (χ1v) is 12.7. The molecule has 0 radical (unpaired) electrons. The van der Waals surface area contributed by atoms with E-state index in [0.29, 0.717) is 24.3 Å². The van der Waals surface area contributed by atoms with E-state index in [1.54, 1.807) is 12.1 Å². The minimum absolute atomic E-state index is 0.0334. The molecule has 0 fully saturated rings. The Balaban J connectivity index is 1.83. The number of carboxylic acids is 2. The zero-order valence-corrected chi connectivity index (χ0v) is 21.7. The van der Waals surface area contributed by atoms with Gasteiger partial charge in [-0.2, -0.15) is 4.98 Å². The molecule has 0 saturated carbocycles. The van der Waals surface area contributed by atoms with E-state index in [1.165, 1.54) is 18.3 Å². The fourth-order valence-electron chi connectivity index (χ4n) is 4.03. The Morgan fingerprint density at radius 2 is 1.77 bits per heavy atom. The van der Waals surface area contributed by atoms with Gasteiger partial charge >= 0.3 is 17.5 Å². The molecule has 0 aliphatic heterocycles. The van der Waals surface area contributed by atoms with Crippen LogP contribution >= 0.6 is 0 Å². The van der Waals surface area contributed by atoms with Gasteiger partial charge in [0.25, 0.3) is 5.91 Å². The lowest BCUT2D eigenvalue weighted by Crippen LogP contribution is -2.42. The molecule has 0 saturated heterocycles. The Hall–Kier alpha value is -4.63. The molecule has 15 heteroatoms. The van der Waals surface area contributed by atoms with Gasteiger partial charge in [0.2, 0.25) is 5.95 Å². The molecule has 10 N–H and O–H groups in total. The summed E-state index contributed by atoms with van der Waals surface area (Å²) in [6.07, 6.45) is 3.62. The van der Waals surface area contributed by atoms with Gasteiger partial charge in [-0.1, -0.05) is 12.8 Å². The molecule has 3 rings (SSSR count). The second-order valence-corrected chi connectivity index (χ2v) is 9.16. The van der Waals surface area contributed by atoms with Gasteiger partial charge in [0.1, 0.15) is 6.04 Å². The maximum Gasteiger partial charge on any atom is 0.326 e. The molecule has 1 aromatic carbocycles. The van der Waals surface area contributed by atoms with Crippen molar-refractivity contribution in [2.24, 2.45) is 11.5 Å². The number of hydrogen-bond donors (Lipinski definition) is 7. The van der Waals surface area contributed by atoms with Crippen molar-refractivity contribution in [3.8, 4) is 0 Å². The zero-order valence-electron chi connectivity index (χ0n) is 21.7. The topological polar surface area (TPSA) is 257 Å². The van der Waals surface area contributed by atoms with Crippen molar-refractivity contribution < 1.29 is 24.6 Å². The van der Waals surface area contributed by atoms with E-state index >= 15 is 0 Å². The average molecular weight is 556 g/mol. The molecule has 2 heterocycles. The third-order valence-electron chi connectivity index (χ3n) is 6.14. The Morgan fingerprint density at radius 1 is 1.05 bits per heavy atom. The Labute approximate surface area is 228 Å². The lowest BCUT2D eigenvalue weighted by atomic mass is 10.1. The van der Waals surface area contributed by atoms with Crippen molar-refractivity contribution in [3.05, 3.63) is 52.1 Å². The summed E-state index contributed by atoms with van der Waals surface area (Å²) in [4.78, 5) is 64.0. The molecule has 2 atom stereocenters. The molecule has 3 aromatic rings. The number of aromatic amines is 1. The van der Waals surface area contributed by atoms with Crippen LogP contribution in [0.5, 0.6) is 0 Å². The standard InChI is InChI=1S/C25H33N9O6/c26-11-3-1-2-4-18(27)34(13-15-12-29-21-20(30-15)23(38)33-25(28)32-21)16-7-5-14(6-8-16)22(37)31-17(24(39)40)9-10-19(35)36/h5-8,12,17-18H,1-4,9-11,13,26-27H2,(H,31,37)(H,35,36)(H,39,40)(H3,28,29,32,33,38)/t17-,18?/m0/s1. The molecule has 0 spiro atoms. The Kier molecular flexibility index (Phi) is 10.4. The van der Waals surface area contributed by atoms with E-state index < -0.39 is 42.0 Å². The molecule has 214 valence electrons. The maximum absolute atomic E-state index is 12.7. The summed E-state index contributed by atoms with van der Waals surface area (Å²) in [7, 11) is 0. The van der Waals surface area contributed by atoms with Crippen LogP contribution in [0.25, 0.3) is 11.2 Å². The van der Waals surface area contributed by atoms with Crippen LogP contribution in [0.4, 0.5) is 11.6 Å². The minimum Gasteiger partial charge on any atom is -0.481 e. The number of aliphatic carboxylic acids is 2. The number of unbranched alkanes of at least 4 members (excludes halogenated alkanes) is 2. The van der Waals surface area contributed by atoms with E-state index in [0.717, 1.165) is 19.3 Å². The molecule has 0 bridgehead atoms. The van der Waals surface area contributed by atoms with Crippen LogP contribution in [-0.4, -0.2) is 66.7 Å². The molecule has 1 unspecified atom stereocenters. The summed E-state index contributed by atoms with van der Waals surface area (Å²) in [5.74, 6) is -3.22. The van der Waals surface area contributed by atoms with Crippen LogP contribution in [0.3, 0.4) is 0 Å². The van der Waals surface area contributed by atoms with Crippen LogP contribution in [0.1, 0.15) is 54.6 Å². The average Bonchev–Trinajstić information content (AvgIpc) is 2.91. The third kappa shape index (κ3) is 8.18. The van der Waals surface area contributed by atoms with Crippen molar-refractivity contribution in [3.63, 3.8) is 0 Å². The number of carbonyl (C=O) groups is 3. The highest BCUT2D eigenvalue weighted by atomic mass is 16.4. The van der Waals surface area contributed by atoms with E-state index in [1.807, 2.05) is 4.90 Å². The summed E-state index contributed by atoms with van der Waals surface area (Å²) in [5.41, 5.74) is 18.6. The number of anilines is 2. The third-order valence-corrected chi connectivity index (χ3v) is 6.14. The van der Waals surface area contributed by atoms with Crippen LogP contribution in [0.2, 0.25) is 0 Å². The van der Waals surface area contributed by atoms with Crippen LogP contribution in [0.15, 0.2) is 35.3 Å². The number of hydrogen-bond acceptors (Lipinski definition) is 11. The minimum atomic E-state index is -1.35. The smallest absolute Gasteiger partial charge is 0.326 e. The predicted molar refractivity (Wildman–Crippen MR) is 146 cm³/mol. The van der Waals surface area contributed by atoms with Crippen molar-refractivity contribution >= 4 is 40.6 Å². The highest BCUT2D eigenvalue weighted by Crippen LogP contribution is 2.22. The zero-order chi connectivity index (χ0) is 29.2. The maximum atomic E-state index is 12.7. The van der Waals surface area contributed by atoms with Gasteiger partial charge in [0, 0.05) is 17.7 Å². The largest absolute Gasteiger partial charge is 0.481 e. The number of nitrogens with zero attached hydrogens (tertiary/aromatic N) is 4. The first kappa shape index (κ1) is 29.9. The summed E-state index contributed by atoms with van der Waals surface area (Å²) in [6.45, 7) is 0.772. The van der Waals surface area contributed by atoms with Gasteiger partial charge < -0.3 is 42.6 Å². The number of fused-ring (bicyclic) bond motifs is 1. The quantitative estimate of drug-likeness (QED) is 0.0974. The molecular weight excluding hydrogens is 522 g/mol. The number of nitrogens with one attached hydrogen (secondary N) is 2. The van der Waals surface area contributed by atoms with Crippen molar-refractivity contribution in [1.29, 1.82) is 0 Å². The monoisotopic (exact) mass is 555 g/mol. The van der Waals surface area contributed by atoms with E-state index in [-0.39, 0.29) is 35.6 Å². The number of rotatable bonds is 15. The van der Waals surface area contributed by atoms with Crippen molar-refractivity contribution in [2.75, 3.05) is 17.2 Å². The van der Waals surface area contributed by atoms with Crippen molar-refractivity contribution in [2.45, 2.75) is 57.3 Å². The number of nitrogens with two attached hydrogens (primary N) is 3. The van der Waals surface area contributed by atoms with E-state index in [2.05, 4.69) is 25.3 Å². The lowest BCUT2D eigenvalue weighted by Gasteiger charge is -2.31. The van der Waals surface area contributed by atoms with Gasteiger partial charge in [-0.25, -0.2) is 14.8 Å². The molecule has 1 amide bonds. The molecule has 15 nitrogen and oxygen atoms in total. The molecule has 0 aliphatic carbocycles. The Bertz CT molecular complexity index is 1400. The van der Waals surface area contributed by atoms with Crippen LogP contribution in [0, 0.1) is 0 Å². The second kappa shape index (κ2) is 14.0. The predicted octanol–water partition coefficient (Wildman–Crippen LogP) is 0.154. The lowest BCUT2D eigenvalue weighted by molar-refractivity contribution is -0.140. The fraction of sp³-hybridized carbons (Fsp3) is 0.400. The number of nitrogen functional groups attached to an aromatic ring is 1. The summed E-state index contributed by atoms with van der Waals surface area (Å²) >= 11 is 0. The van der Waals surface area contributed by atoms with Crippen LogP contribution in [-0.2, 0) is 16.1 Å². The number of aromatic nitrogens is 4. The first-order valence-electron chi connectivity index (χ1n) is 12.7. The molecular formula is C25H33N9O6. The van der Waals surface area contributed by atoms with Gasteiger partial charge in [0.15, 0.2) is 11.2 Å². The SMILES string of the molecule is NCCCCCC(N)N(Cc1cnc2[nH]c(N)nc(=O)c2n1)c1ccc(C(=O)N[C@@H](CCC(=O)O)C(=O)O)cc1. The van der Waals surface area contributed by atoms with E-state index in [9.17, 15) is 24.3 Å². The number of amides is 1. The van der Waals surface area contributed by atoms with Crippen LogP contribution < -0.4 is 33.0 Å². The molecule has 40 heavy (non-hydrogen) atoms. The fourth-order valence-corrected chi connectivity index (χ4v) is 4.03. The summed E-state index contributed by atoms with van der Waals surface area (Å²) < 4.78 is 0. The normalized spacial score (nSPS) is 12.6. The highest BCUT2D eigenvalue weighted by Gasteiger charge is 2.22. The van der Waals surface area contributed by atoms with E-state index in [4.69, 9.17) is 22.3 Å². The van der Waals surface area contributed by atoms with Crippen molar-refractivity contribution in [1.82, 2.24) is 25.3 Å². The molecule has 0 aliphatic rings. The number of carbonyl (C=O) groups excluding carboxylic acids is 1. The number of H-pyrrole nitrogens is 1. The number of carboxylic acid groups (broad SMARTS) is 2. The Morgan fingerprint density at radius 3 is 2.42 bits per heavy atom. The second-order valence-electron chi connectivity index (χ2n) is 9.16. The summed E-state index contributed by atoms with van der Waals surface area (Å²) in [5, 5.41) is 20.5.